The van der Waals surface area contributed by atoms with Crippen LogP contribution in [0.2, 0.25) is 0 Å². The molecule has 0 radical (unpaired) electrons. The van der Waals surface area contributed by atoms with E-state index in [4.69, 9.17) is 4.74 Å². The van der Waals surface area contributed by atoms with E-state index in [1.54, 1.807) is 0 Å². The zero-order valence-corrected chi connectivity index (χ0v) is 11.4. The van der Waals surface area contributed by atoms with Crippen molar-refractivity contribution in [1.29, 1.82) is 0 Å². The van der Waals surface area contributed by atoms with Crippen molar-refractivity contribution in [3.63, 3.8) is 0 Å². The number of rotatable bonds is 4. The van der Waals surface area contributed by atoms with Gasteiger partial charge >= 0.3 is 0 Å². The number of benzene rings is 1. The maximum absolute atomic E-state index is 5.86. The van der Waals surface area contributed by atoms with Gasteiger partial charge < -0.3 is 10.1 Å². The Bertz CT molecular complexity index is 425. The lowest BCUT2D eigenvalue weighted by Crippen LogP contribution is -2.37. The van der Waals surface area contributed by atoms with Gasteiger partial charge in [-0.3, -0.25) is 0 Å². The highest BCUT2D eigenvalue weighted by molar-refractivity contribution is 5.29. The summed E-state index contributed by atoms with van der Waals surface area (Å²) >= 11 is 0. The summed E-state index contributed by atoms with van der Waals surface area (Å²) < 4.78 is 5.86. The van der Waals surface area contributed by atoms with E-state index >= 15 is 0 Å². The molecule has 1 saturated carbocycles. The first kappa shape index (κ1) is 12.2. The van der Waals surface area contributed by atoms with Gasteiger partial charge in [-0.05, 0) is 55.7 Å². The molecule has 0 spiro atoms. The second-order valence-electron chi connectivity index (χ2n) is 5.87. The van der Waals surface area contributed by atoms with E-state index in [0.29, 0.717) is 12.1 Å². The maximum atomic E-state index is 5.86. The predicted octanol–water partition coefficient (Wildman–Crippen LogP) is 2.96. The van der Waals surface area contributed by atoms with Crippen LogP contribution in [0.3, 0.4) is 0 Å². The fourth-order valence-corrected chi connectivity index (χ4v) is 2.88. The number of hydrogen-bond acceptors (Lipinski definition) is 2. The largest absolute Gasteiger partial charge is 0.376 e. The van der Waals surface area contributed by atoms with Crippen LogP contribution in [0.15, 0.2) is 18.2 Å². The molecule has 2 fully saturated rings. The summed E-state index contributed by atoms with van der Waals surface area (Å²) in [5.74, 6) is 0.838. The minimum atomic E-state index is 0.483. The van der Waals surface area contributed by atoms with E-state index in [1.807, 2.05) is 0 Å². The zero-order chi connectivity index (χ0) is 12.5. The van der Waals surface area contributed by atoms with Gasteiger partial charge in [0, 0.05) is 19.2 Å². The molecule has 1 N–H and O–H groups in total. The van der Waals surface area contributed by atoms with E-state index < -0.39 is 0 Å². The van der Waals surface area contributed by atoms with Crippen LogP contribution in [0.25, 0.3) is 0 Å². The van der Waals surface area contributed by atoms with Crippen LogP contribution in [-0.4, -0.2) is 18.8 Å². The summed E-state index contributed by atoms with van der Waals surface area (Å²) in [6.07, 6.45) is 4.39. The third kappa shape index (κ3) is 2.60. The van der Waals surface area contributed by atoms with Crippen LogP contribution in [0, 0.1) is 19.8 Å². The molecule has 1 aliphatic carbocycles. The quantitative estimate of drug-likeness (QED) is 0.880. The predicted molar refractivity (Wildman–Crippen MR) is 73.6 cm³/mol. The fourth-order valence-electron chi connectivity index (χ4n) is 2.88. The molecule has 0 aromatic heterocycles. The first-order chi connectivity index (χ1) is 8.74. The fraction of sp³-hybridized carbons (Fsp3) is 0.625. The van der Waals surface area contributed by atoms with Crippen LogP contribution in [0.4, 0.5) is 0 Å². The molecular formula is C16H23NO. The van der Waals surface area contributed by atoms with Crippen LogP contribution in [0.1, 0.15) is 36.0 Å². The first-order valence-electron chi connectivity index (χ1n) is 7.15. The minimum absolute atomic E-state index is 0.483. The van der Waals surface area contributed by atoms with Crippen molar-refractivity contribution in [1.82, 2.24) is 5.32 Å². The number of hydrogen-bond donors (Lipinski definition) is 1. The van der Waals surface area contributed by atoms with E-state index in [2.05, 4.69) is 37.4 Å². The molecule has 2 heteroatoms. The average Bonchev–Trinajstić information content (AvgIpc) is 3.10. The molecule has 0 bridgehead atoms. The van der Waals surface area contributed by atoms with Crippen molar-refractivity contribution >= 4 is 0 Å². The molecule has 1 aliphatic heterocycles. The van der Waals surface area contributed by atoms with Gasteiger partial charge in [0.25, 0.3) is 0 Å². The summed E-state index contributed by atoms with van der Waals surface area (Å²) in [5, 5.41) is 3.69. The molecule has 98 valence electrons. The third-order valence-corrected chi connectivity index (χ3v) is 4.36. The van der Waals surface area contributed by atoms with Gasteiger partial charge in [-0.25, -0.2) is 0 Å². The molecule has 2 atom stereocenters. The number of ether oxygens (including phenoxy) is 1. The van der Waals surface area contributed by atoms with Crippen molar-refractivity contribution in [2.45, 2.75) is 51.8 Å². The highest BCUT2D eigenvalue weighted by atomic mass is 16.5. The molecule has 1 heterocycles. The van der Waals surface area contributed by atoms with Crippen LogP contribution < -0.4 is 5.32 Å². The lowest BCUT2D eigenvalue weighted by atomic mass is 10.0. The maximum Gasteiger partial charge on any atom is 0.0757 e. The molecule has 1 aromatic rings. The molecule has 18 heavy (non-hydrogen) atoms. The SMILES string of the molecule is Cc1ccc(CNC2CCOC2C2CC2)cc1C. The van der Waals surface area contributed by atoms with Gasteiger partial charge in [0.1, 0.15) is 0 Å². The molecule has 3 rings (SSSR count). The third-order valence-electron chi connectivity index (χ3n) is 4.36. The normalized spacial score (nSPS) is 27.7. The van der Waals surface area contributed by atoms with Crippen molar-refractivity contribution < 1.29 is 4.74 Å². The van der Waals surface area contributed by atoms with Crippen LogP contribution in [0.5, 0.6) is 0 Å². The number of aryl methyl sites for hydroxylation is 2. The first-order valence-corrected chi connectivity index (χ1v) is 7.15. The van der Waals surface area contributed by atoms with Gasteiger partial charge in [-0.1, -0.05) is 18.2 Å². The van der Waals surface area contributed by atoms with E-state index in [9.17, 15) is 0 Å². The van der Waals surface area contributed by atoms with Crippen molar-refractivity contribution in [3.8, 4) is 0 Å². The lowest BCUT2D eigenvalue weighted by molar-refractivity contribution is 0.0809. The average molecular weight is 245 g/mol. The summed E-state index contributed by atoms with van der Waals surface area (Å²) in [7, 11) is 0. The van der Waals surface area contributed by atoms with E-state index in [1.165, 1.54) is 36.0 Å². The van der Waals surface area contributed by atoms with Crippen molar-refractivity contribution in [2.24, 2.45) is 5.92 Å². The highest BCUT2D eigenvalue weighted by Crippen LogP contribution is 2.38. The topological polar surface area (TPSA) is 21.3 Å². The summed E-state index contributed by atoms with van der Waals surface area (Å²) in [6, 6.07) is 7.32. The highest BCUT2D eigenvalue weighted by Gasteiger charge is 2.40. The monoisotopic (exact) mass is 245 g/mol. The molecule has 2 unspecified atom stereocenters. The Kier molecular flexibility index (Phi) is 3.40. The lowest BCUT2D eigenvalue weighted by Gasteiger charge is -2.19. The Morgan fingerprint density at radius 3 is 2.72 bits per heavy atom. The van der Waals surface area contributed by atoms with Gasteiger partial charge in [0.2, 0.25) is 0 Å². The summed E-state index contributed by atoms with van der Waals surface area (Å²) in [4.78, 5) is 0. The van der Waals surface area contributed by atoms with Gasteiger partial charge in [-0.15, -0.1) is 0 Å². The zero-order valence-electron chi connectivity index (χ0n) is 11.4. The standard InChI is InChI=1S/C16H23NO/c1-11-3-4-13(9-12(11)2)10-17-15-7-8-18-16(15)14-5-6-14/h3-4,9,14-17H,5-8,10H2,1-2H3. The Hall–Kier alpha value is -0.860. The molecule has 1 saturated heterocycles. The van der Waals surface area contributed by atoms with Crippen LogP contribution >= 0.6 is 0 Å². The van der Waals surface area contributed by atoms with Crippen LogP contribution in [-0.2, 0) is 11.3 Å². The van der Waals surface area contributed by atoms with Gasteiger partial charge in [0.15, 0.2) is 0 Å². The second kappa shape index (κ2) is 5.02. The Morgan fingerprint density at radius 2 is 2.00 bits per heavy atom. The second-order valence-corrected chi connectivity index (χ2v) is 5.87. The van der Waals surface area contributed by atoms with E-state index in [-0.39, 0.29) is 0 Å². The molecule has 0 amide bonds. The van der Waals surface area contributed by atoms with Gasteiger partial charge in [-0.2, -0.15) is 0 Å². The Morgan fingerprint density at radius 1 is 1.17 bits per heavy atom. The Balaban J connectivity index is 1.58. The minimum Gasteiger partial charge on any atom is -0.376 e. The van der Waals surface area contributed by atoms with Crippen molar-refractivity contribution in [2.75, 3.05) is 6.61 Å². The number of nitrogens with one attached hydrogen (secondary N) is 1. The molecular weight excluding hydrogens is 222 g/mol. The molecule has 2 nitrogen and oxygen atoms in total. The molecule has 1 aromatic carbocycles. The van der Waals surface area contributed by atoms with E-state index in [0.717, 1.165) is 19.1 Å². The molecule has 2 aliphatic rings. The van der Waals surface area contributed by atoms with Crippen molar-refractivity contribution in [3.05, 3.63) is 34.9 Å². The summed E-state index contributed by atoms with van der Waals surface area (Å²) in [6.45, 7) is 6.26. The summed E-state index contributed by atoms with van der Waals surface area (Å²) in [5.41, 5.74) is 4.15. The Labute approximate surface area is 110 Å². The van der Waals surface area contributed by atoms with Gasteiger partial charge in [0.05, 0.1) is 6.10 Å². The smallest absolute Gasteiger partial charge is 0.0757 e.